The summed E-state index contributed by atoms with van der Waals surface area (Å²) < 4.78 is 143. The van der Waals surface area contributed by atoms with Gasteiger partial charge in [0.05, 0.1) is 147 Å². The van der Waals surface area contributed by atoms with Crippen LogP contribution in [-0.4, -0.2) is 220 Å². The van der Waals surface area contributed by atoms with Crippen molar-refractivity contribution in [3.05, 3.63) is 71.5 Å². The van der Waals surface area contributed by atoms with Gasteiger partial charge in [0.15, 0.2) is 5.71 Å². The van der Waals surface area contributed by atoms with Crippen LogP contribution in [0.4, 0.5) is 11.4 Å². The molecule has 2 aromatic rings. The Morgan fingerprint density at radius 1 is 0.570 bits per heavy atom. The fourth-order valence-electron chi connectivity index (χ4n) is 9.24. The van der Waals surface area contributed by atoms with Gasteiger partial charge in [-0.05, 0) is 88.4 Å². The number of carboxylic acids is 1. The van der Waals surface area contributed by atoms with Crippen LogP contribution in [0.3, 0.4) is 0 Å². The summed E-state index contributed by atoms with van der Waals surface area (Å²) in [7, 11) is -6.40. The van der Waals surface area contributed by atoms with Crippen LogP contribution in [0, 0.1) is 0 Å². The number of nitrogens with zero attached hydrogens (tertiary/aromatic N) is 2. The molecule has 0 amide bonds. The smallest absolute Gasteiger partial charge is 0.303 e. The number of benzene rings is 2. The molecule has 1 N–H and O–H groups in total. The Morgan fingerprint density at radius 3 is 1.39 bits per heavy atom. The van der Waals surface area contributed by atoms with Crippen molar-refractivity contribution in [1.29, 1.82) is 0 Å². The van der Waals surface area contributed by atoms with Crippen molar-refractivity contribution in [1.82, 2.24) is 0 Å². The quantitative estimate of drug-likeness (QED) is 0.0520. The molecule has 22 nitrogen and oxygen atoms in total. The third-order valence-corrected chi connectivity index (χ3v) is 15.1. The molecule has 0 fully saturated rings. The molecule has 0 saturated carbocycles. The second kappa shape index (κ2) is 36.6. The lowest BCUT2D eigenvalue weighted by Gasteiger charge is -2.30. The van der Waals surface area contributed by atoms with Gasteiger partial charge in [-0.3, -0.25) is 4.79 Å². The summed E-state index contributed by atoms with van der Waals surface area (Å²) in [5.74, 6) is -0.884. The third kappa shape index (κ3) is 22.8. The number of allylic oxidation sites excluding steroid dienone is 4. The molecule has 2 aliphatic heterocycles. The van der Waals surface area contributed by atoms with Gasteiger partial charge in [-0.25, -0.2) is 16.8 Å². The summed E-state index contributed by atoms with van der Waals surface area (Å²) in [6, 6.07) is 8.81. The standard InChI is InChI=1S/C55H86N2O20S2/c1-6-56-49-16-14-45(78(60,61)62)43-47(49)54(2,18-21-68-27-29-72-35-37-76-41-39-74-33-31-70-25-23-66-4)51(56)11-10-12-52-55(3,19-22-69-28-30-73-36-38-77-42-40-75-34-32-71-26-24-67-5)48-44-46(79(63,64)65)15-17-50(48)57(52)20-9-7-8-13-53(58)59/h10-12,14-17,43-44H,6-9,13,18-42H2,1-5H3,(H2-,58,59,60,61,62,63,64,65)/p-1. The van der Waals surface area contributed by atoms with Crippen molar-refractivity contribution >= 4 is 43.3 Å². The van der Waals surface area contributed by atoms with Gasteiger partial charge in [0.1, 0.15) is 26.8 Å². The van der Waals surface area contributed by atoms with Gasteiger partial charge in [0.2, 0.25) is 5.69 Å². The molecule has 0 aromatic heterocycles. The van der Waals surface area contributed by atoms with Crippen LogP contribution < -0.4 is 4.90 Å². The number of carbonyl (C=O) groups is 1. The number of likely N-dealkylation sites (N-methyl/N-ethyl adjacent to an activating group) is 1. The highest BCUT2D eigenvalue weighted by atomic mass is 32.2. The average Bonchev–Trinajstić information content (AvgIpc) is 4.07. The Bertz CT molecular complexity index is 2440. The van der Waals surface area contributed by atoms with Crippen LogP contribution in [-0.2, 0) is 92.7 Å². The molecule has 0 spiro atoms. The molecular formula is C55H85N2O20S2-. The molecule has 2 atom stereocenters. The summed E-state index contributed by atoms with van der Waals surface area (Å²) >= 11 is 0. The minimum atomic E-state index is -4.84. The summed E-state index contributed by atoms with van der Waals surface area (Å²) in [5.41, 5.74) is 2.61. The van der Waals surface area contributed by atoms with E-state index in [4.69, 9.17) is 56.8 Å². The summed E-state index contributed by atoms with van der Waals surface area (Å²) in [6.07, 6.45) is 8.32. The minimum Gasteiger partial charge on any atom is -0.744 e. The molecule has 448 valence electrons. The van der Waals surface area contributed by atoms with Crippen molar-refractivity contribution in [2.75, 3.05) is 178 Å². The number of fused-ring (bicyclic) bond motifs is 2. The summed E-state index contributed by atoms with van der Waals surface area (Å²) in [6.45, 7) is 15.7. The van der Waals surface area contributed by atoms with E-state index >= 15 is 0 Å². The van der Waals surface area contributed by atoms with E-state index in [0.717, 1.165) is 17.1 Å². The first-order valence-electron chi connectivity index (χ1n) is 27.0. The molecule has 2 unspecified atom stereocenters. The van der Waals surface area contributed by atoms with Crippen molar-refractivity contribution in [2.45, 2.75) is 79.9 Å². The fraction of sp³-hybridized carbons (Fsp3) is 0.673. The highest BCUT2D eigenvalue weighted by molar-refractivity contribution is 7.86. The minimum absolute atomic E-state index is 0.0230. The lowest BCUT2D eigenvalue weighted by atomic mass is 9.76. The number of rotatable bonds is 47. The Morgan fingerprint density at radius 2 is 0.975 bits per heavy atom. The molecule has 0 radical (unpaired) electrons. The Balaban J connectivity index is 1.50. The highest BCUT2D eigenvalue weighted by Gasteiger charge is 2.48. The second-order valence-corrected chi connectivity index (χ2v) is 21.7. The van der Waals surface area contributed by atoms with Crippen molar-refractivity contribution in [3.63, 3.8) is 0 Å². The monoisotopic (exact) mass is 1160 g/mol. The summed E-state index contributed by atoms with van der Waals surface area (Å²) in [5, 5.41) is 9.32. The number of ether oxygens (including phenoxy) is 12. The molecule has 2 aromatic carbocycles. The second-order valence-electron chi connectivity index (χ2n) is 18.9. The topological polar surface area (TPSA) is 269 Å². The average molecular weight is 1160 g/mol. The Hall–Kier alpha value is -3.80. The van der Waals surface area contributed by atoms with E-state index in [9.17, 15) is 35.8 Å². The Kier molecular flexibility index (Phi) is 31.4. The number of anilines is 1. The molecule has 24 heteroatoms. The first-order valence-corrected chi connectivity index (χ1v) is 29.8. The molecular weight excluding hydrogens is 1070 g/mol. The zero-order valence-corrected chi connectivity index (χ0v) is 48.5. The number of hydrogen-bond donors (Lipinski definition) is 1. The molecule has 2 heterocycles. The lowest BCUT2D eigenvalue weighted by molar-refractivity contribution is -0.438. The van der Waals surface area contributed by atoms with E-state index in [-0.39, 0.29) is 42.6 Å². The summed E-state index contributed by atoms with van der Waals surface area (Å²) in [4.78, 5) is 12.7. The van der Waals surface area contributed by atoms with E-state index in [1.807, 2.05) is 39.0 Å². The lowest BCUT2D eigenvalue weighted by Crippen LogP contribution is -2.33. The predicted octanol–water partition coefficient (Wildman–Crippen LogP) is 4.97. The highest BCUT2D eigenvalue weighted by Crippen LogP contribution is 2.51. The molecule has 0 bridgehead atoms. The van der Waals surface area contributed by atoms with Crippen molar-refractivity contribution in [2.24, 2.45) is 0 Å². The van der Waals surface area contributed by atoms with Gasteiger partial charge in [-0.1, -0.05) is 6.08 Å². The molecule has 0 saturated heterocycles. The molecule has 79 heavy (non-hydrogen) atoms. The van der Waals surface area contributed by atoms with E-state index in [2.05, 4.69) is 9.48 Å². The third-order valence-electron chi connectivity index (χ3n) is 13.4. The van der Waals surface area contributed by atoms with Gasteiger partial charge in [0.25, 0.3) is 0 Å². The maximum absolute atomic E-state index is 12.5. The van der Waals surface area contributed by atoms with E-state index in [0.29, 0.717) is 181 Å². The van der Waals surface area contributed by atoms with Crippen LogP contribution in [0.2, 0.25) is 0 Å². The Labute approximate surface area is 467 Å². The van der Waals surface area contributed by atoms with Gasteiger partial charge in [0, 0.05) is 81.3 Å². The van der Waals surface area contributed by atoms with Crippen molar-refractivity contribution in [3.8, 4) is 0 Å². The largest absolute Gasteiger partial charge is 0.744 e. The molecule has 2 aliphatic rings. The van der Waals surface area contributed by atoms with Crippen LogP contribution >= 0.6 is 0 Å². The predicted molar refractivity (Wildman–Crippen MR) is 291 cm³/mol. The van der Waals surface area contributed by atoms with Gasteiger partial charge < -0.3 is 76.0 Å². The van der Waals surface area contributed by atoms with Crippen LogP contribution in [0.15, 0.2) is 70.1 Å². The van der Waals surface area contributed by atoms with Crippen LogP contribution in [0.25, 0.3) is 0 Å². The normalized spacial score (nSPS) is 18.0. The van der Waals surface area contributed by atoms with Crippen LogP contribution in [0.5, 0.6) is 0 Å². The van der Waals surface area contributed by atoms with Crippen molar-refractivity contribution < 1.29 is 97.3 Å². The SMILES string of the molecule is CCN1/C(=C/C=C/C2=[N+](CCCCCC(=O)O)c3ccc(S(=O)(=O)[O-])cc3C2(C)CCOCCOCCOCCOCCOCCOC)C(C)(CCOCCOCCOCCOCCOCCOC)c2cc(S(=O)(=O)[O-])ccc21. The van der Waals surface area contributed by atoms with E-state index in [1.165, 1.54) is 24.3 Å². The van der Waals surface area contributed by atoms with Gasteiger partial charge in [-0.15, -0.1) is 0 Å². The molecule has 0 aliphatic carbocycles. The van der Waals surface area contributed by atoms with Gasteiger partial charge in [-0.2, -0.15) is 4.58 Å². The fourth-order valence-corrected chi connectivity index (χ4v) is 10.2. The van der Waals surface area contributed by atoms with Crippen LogP contribution in [0.1, 0.15) is 70.4 Å². The number of unbranched alkanes of at least 4 members (excludes halogenated alkanes) is 2. The zero-order valence-electron chi connectivity index (χ0n) is 46.8. The maximum Gasteiger partial charge on any atom is 0.303 e. The maximum atomic E-state index is 12.5. The van der Waals surface area contributed by atoms with E-state index in [1.54, 1.807) is 26.4 Å². The first-order chi connectivity index (χ1) is 38.0. The van der Waals surface area contributed by atoms with Gasteiger partial charge >= 0.3 is 5.97 Å². The van der Waals surface area contributed by atoms with E-state index < -0.39 is 37.0 Å². The zero-order chi connectivity index (χ0) is 57.4. The first kappa shape index (κ1) is 67.7. The number of aliphatic carboxylic acids is 1. The molecule has 4 rings (SSSR count). The number of methoxy groups -OCH3 is 2. The number of hydrogen-bond acceptors (Lipinski definition) is 20. The number of carboxylic acid groups (broad SMARTS) is 1.